The second kappa shape index (κ2) is 8.73. The van der Waals surface area contributed by atoms with Gasteiger partial charge in [-0.15, -0.1) is 0 Å². The third-order valence-corrected chi connectivity index (χ3v) is 4.54. The Morgan fingerprint density at radius 1 is 1.04 bits per heavy atom. The molecule has 0 unspecified atom stereocenters. The van der Waals surface area contributed by atoms with E-state index in [2.05, 4.69) is 15.2 Å². The molecule has 1 N–H and O–H groups in total. The minimum absolute atomic E-state index is 0.100. The minimum Gasteiger partial charge on any atom is -0.491 e. The molecule has 7 nitrogen and oxygen atoms in total. The standard InChI is InChI=1S/C21H26N4O3/c1-15(2)28-19-7-5-18(6-8-19)23-21(27)17-4-9-20(22-14-17)25-12-10-24(11-13-25)16(3)26/h4-9,14-15H,10-13H2,1-3H3,(H,23,27). The average Bonchev–Trinajstić information content (AvgIpc) is 2.69. The number of nitrogens with one attached hydrogen (secondary N) is 1. The third-order valence-electron chi connectivity index (χ3n) is 4.54. The Hall–Kier alpha value is -3.09. The summed E-state index contributed by atoms with van der Waals surface area (Å²) in [6.07, 6.45) is 1.69. The molecule has 2 amide bonds. The number of carbonyl (C=O) groups excluding carboxylic acids is 2. The molecule has 1 aromatic heterocycles. The van der Waals surface area contributed by atoms with Crippen LogP contribution in [0, 0.1) is 0 Å². The Morgan fingerprint density at radius 3 is 2.25 bits per heavy atom. The number of hydrogen-bond acceptors (Lipinski definition) is 5. The Kier molecular flexibility index (Phi) is 6.13. The molecule has 0 spiro atoms. The number of nitrogens with zero attached hydrogens (tertiary/aromatic N) is 3. The van der Waals surface area contributed by atoms with Gasteiger partial charge in [0, 0.05) is 45.0 Å². The highest BCUT2D eigenvalue weighted by molar-refractivity contribution is 6.04. The summed E-state index contributed by atoms with van der Waals surface area (Å²) in [7, 11) is 0. The Balaban J connectivity index is 1.57. The number of benzene rings is 1. The maximum absolute atomic E-state index is 12.4. The number of carbonyl (C=O) groups is 2. The monoisotopic (exact) mass is 382 g/mol. The highest BCUT2D eigenvalue weighted by atomic mass is 16.5. The van der Waals surface area contributed by atoms with Gasteiger partial charge < -0.3 is 19.9 Å². The highest BCUT2D eigenvalue weighted by Gasteiger charge is 2.19. The highest BCUT2D eigenvalue weighted by Crippen LogP contribution is 2.18. The number of pyridine rings is 1. The fourth-order valence-corrected chi connectivity index (χ4v) is 3.05. The summed E-state index contributed by atoms with van der Waals surface area (Å²) < 4.78 is 5.60. The van der Waals surface area contributed by atoms with Crippen molar-refractivity contribution in [3.8, 4) is 5.75 Å². The van der Waals surface area contributed by atoms with Gasteiger partial charge in [-0.2, -0.15) is 0 Å². The van der Waals surface area contributed by atoms with Gasteiger partial charge in [-0.1, -0.05) is 0 Å². The van der Waals surface area contributed by atoms with Gasteiger partial charge in [0.1, 0.15) is 11.6 Å². The van der Waals surface area contributed by atoms with Crippen LogP contribution in [0.5, 0.6) is 5.75 Å². The van der Waals surface area contributed by atoms with Gasteiger partial charge in [0.15, 0.2) is 0 Å². The van der Waals surface area contributed by atoms with E-state index in [0.29, 0.717) is 24.3 Å². The number of hydrogen-bond donors (Lipinski definition) is 1. The quantitative estimate of drug-likeness (QED) is 0.861. The molecule has 1 aromatic carbocycles. The summed E-state index contributed by atoms with van der Waals surface area (Å²) in [6.45, 7) is 8.38. The number of piperazine rings is 1. The van der Waals surface area contributed by atoms with Crippen molar-refractivity contribution >= 4 is 23.3 Å². The molecule has 1 aliphatic rings. The van der Waals surface area contributed by atoms with Gasteiger partial charge in [-0.05, 0) is 50.2 Å². The first-order chi connectivity index (χ1) is 13.4. The van der Waals surface area contributed by atoms with E-state index in [-0.39, 0.29) is 17.9 Å². The molecule has 148 valence electrons. The summed E-state index contributed by atoms with van der Waals surface area (Å²) in [6, 6.07) is 10.9. The number of aromatic nitrogens is 1. The minimum atomic E-state index is -0.210. The zero-order valence-electron chi connectivity index (χ0n) is 16.5. The molecule has 3 rings (SSSR count). The molecule has 0 saturated carbocycles. The lowest BCUT2D eigenvalue weighted by Crippen LogP contribution is -2.48. The molecule has 1 fully saturated rings. The first-order valence-corrected chi connectivity index (χ1v) is 9.47. The summed E-state index contributed by atoms with van der Waals surface area (Å²) in [4.78, 5) is 32.2. The first kappa shape index (κ1) is 19.7. The molecule has 0 atom stereocenters. The van der Waals surface area contributed by atoms with E-state index in [9.17, 15) is 9.59 Å². The summed E-state index contributed by atoms with van der Waals surface area (Å²) >= 11 is 0. The fraction of sp³-hybridized carbons (Fsp3) is 0.381. The Morgan fingerprint density at radius 2 is 1.71 bits per heavy atom. The van der Waals surface area contributed by atoms with Gasteiger partial charge in [0.05, 0.1) is 11.7 Å². The fourth-order valence-electron chi connectivity index (χ4n) is 3.05. The van der Waals surface area contributed by atoms with Crippen LogP contribution in [0.1, 0.15) is 31.1 Å². The SMILES string of the molecule is CC(=O)N1CCN(c2ccc(C(=O)Nc3ccc(OC(C)C)cc3)cn2)CC1. The van der Waals surface area contributed by atoms with E-state index in [1.807, 2.05) is 49.1 Å². The zero-order valence-corrected chi connectivity index (χ0v) is 16.5. The lowest BCUT2D eigenvalue weighted by molar-refractivity contribution is -0.129. The van der Waals surface area contributed by atoms with Crippen molar-refractivity contribution in [1.29, 1.82) is 0 Å². The van der Waals surface area contributed by atoms with Gasteiger partial charge in [-0.3, -0.25) is 9.59 Å². The molecule has 28 heavy (non-hydrogen) atoms. The summed E-state index contributed by atoms with van der Waals surface area (Å²) in [5, 5.41) is 2.86. The van der Waals surface area contributed by atoms with Crippen LogP contribution in [0.25, 0.3) is 0 Å². The van der Waals surface area contributed by atoms with Crippen LogP contribution in [-0.2, 0) is 4.79 Å². The number of rotatable bonds is 5. The van der Waals surface area contributed by atoms with Crippen LogP contribution in [0.2, 0.25) is 0 Å². The second-order valence-electron chi connectivity index (χ2n) is 7.04. The molecule has 2 aromatic rings. The lowest BCUT2D eigenvalue weighted by atomic mass is 10.2. The third kappa shape index (κ3) is 5.00. The molecule has 1 saturated heterocycles. The topological polar surface area (TPSA) is 74.8 Å². The van der Waals surface area contributed by atoms with E-state index in [4.69, 9.17) is 4.74 Å². The molecule has 0 bridgehead atoms. The van der Waals surface area contributed by atoms with Crippen molar-refractivity contribution in [3.05, 3.63) is 48.2 Å². The van der Waals surface area contributed by atoms with Crippen molar-refractivity contribution in [2.75, 3.05) is 36.4 Å². The molecular weight excluding hydrogens is 356 g/mol. The summed E-state index contributed by atoms with van der Waals surface area (Å²) in [5.41, 5.74) is 1.19. The van der Waals surface area contributed by atoms with E-state index >= 15 is 0 Å². The van der Waals surface area contributed by atoms with Crippen LogP contribution in [0.4, 0.5) is 11.5 Å². The van der Waals surface area contributed by atoms with Crippen molar-refractivity contribution in [1.82, 2.24) is 9.88 Å². The van der Waals surface area contributed by atoms with E-state index in [1.54, 1.807) is 19.2 Å². The summed E-state index contributed by atoms with van der Waals surface area (Å²) in [5.74, 6) is 1.47. The smallest absolute Gasteiger partial charge is 0.257 e. The van der Waals surface area contributed by atoms with Gasteiger partial charge >= 0.3 is 0 Å². The van der Waals surface area contributed by atoms with Gasteiger partial charge in [0.25, 0.3) is 5.91 Å². The number of anilines is 2. The van der Waals surface area contributed by atoms with Crippen LogP contribution in [-0.4, -0.2) is 54.0 Å². The normalized spacial score (nSPS) is 14.1. The lowest BCUT2D eigenvalue weighted by Gasteiger charge is -2.34. The predicted octanol–water partition coefficient (Wildman–Crippen LogP) is 2.79. The molecule has 1 aliphatic heterocycles. The Labute approximate surface area is 165 Å². The molecule has 0 aliphatic carbocycles. The number of amides is 2. The van der Waals surface area contributed by atoms with Gasteiger partial charge in [0.2, 0.25) is 5.91 Å². The van der Waals surface area contributed by atoms with Crippen molar-refractivity contribution in [3.63, 3.8) is 0 Å². The van der Waals surface area contributed by atoms with E-state index < -0.39 is 0 Å². The molecular formula is C21H26N4O3. The zero-order chi connectivity index (χ0) is 20.1. The molecule has 2 heterocycles. The van der Waals surface area contributed by atoms with Gasteiger partial charge in [-0.25, -0.2) is 4.98 Å². The molecule has 0 radical (unpaired) electrons. The average molecular weight is 382 g/mol. The van der Waals surface area contributed by atoms with Crippen LogP contribution >= 0.6 is 0 Å². The maximum Gasteiger partial charge on any atom is 0.257 e. The van der Waals surface area contributed by atoms with Crippen molar-refractivity contribution in [2.45, 2.75) is 26.9 Å². The van der Waals surface area contributed by atoms with E-state index in [1.165, 1.54) is 0 Å². The van der Waals surface area contributed by atoms with Crippen LogP contribution < -0.4 is 15.0 Å². The first-order valence-electron chi connectivity index (χ1n) is 9.47. The second-order valence-corrected chi connectivity index (χ2v) is 7.04. The predicted molar refractivity (Wildman–Crippen MR) is 109 cm³/mol. The van der Waals surface area contributed by atoms with Crippen LogP contribution in [0.15, 0.2) is 42.6 Å². The largest absolute Gasteiger partial charge is 0.491 e. The van der Waals surface area contributed by atoms with E-state index in [0.717, 1.165) is 24.7 Å². The Bertz CT molecular complexity index is 811. The number of ether oxygens (including phenoxy) is 1. The molecule has 7 heteroatoms. The van der Waals surface area contributed by atoms with Crippen molar-refractivity contribution < 1.29 is 14.3 Å². The van der Waals surface area contributed by atoms with Crippen molar-refractivity contribution in [2.24, 2.45) is 0 Å². The van der Waals surface area contributed by atoms with Crippen LogP contribution in [0.3, 0.4) is 0 Å². The maximum atomic E-state index is 12.4.